The Morgan fingerprint density at radius 3 is 2.55 bits per heavy atom. The Bertz CT molecular complexity index is 1260. The van der Waals surface area contributed by atoms with E-state index in [1.165, 1.54) is 6.08 Å². The SMILES string of the molecule is Cc1cccc(NC(=O)/C(C#N)=C/c2cc(Br)ccc2OCC(=O)Nc2ccccc2C)c1. The van der Waals surface area contributed by atoms with Crippen LogP contribution in [0.5, 0.6) is 5.75 Å². The van der Waals surface area contributed by atoms with Gasteiger partial charge in [-0.3, -0.25) is 9.59 Å². The van der Waals surface area contributed by atoms with Crippen LogP contribution in [0.4, 0.5) is 11.4 Å². The Kier molecular flexibility index (Phi) is 8.01. The maximum Gasteiger partial charge on any atom is 0.266 e. The molecule has 7 heteroatoms. The smallest absolute Gasteiger partial charge is 0.266 e. The highest BCUT2D eigenvalue weighted by Gasteiger charge is 2.13. The Morgan fingerprint density at radius 2 is 1.82 bits per heavy atom. The van der Waals surface area contributed by atoms with Gasteiger partial charge in [0.15, 0.2) is 6.61 Å². The van der Waals surface area contributed by atoms with Crippen LogP contribution in [0, 0.1) is 25.2 Å². The number of nitriles is 1. The minimum Gasteiger partial charge on any atom is -0.483 e. The van der Waals surface area contributed by atoms with Crippen molar-refractivity contribution in [2.75, 3.05) is 17.2 Å². The van der Waals surface area contributed by atoms with Crippen molar-refractivity contribution >= 4 is 45.2 Å². The predicted molar refractivity (Wildman–Crippen MR) is 133 cm³/mol. The van der Waals surface area contributed by atoms with Crippen molar-refractivity contribution in [2.45, 2.75) is 13.8 Å². The first kappa shape index (κ1) is 23.8. The van der Waals surface area contributed by atoms with E-state index in [9.17, 15) is 14.9 Å². The molecule has 0 saturated heterocycles. The van der Waals surface area contributed by atoms with E-state index in [-0.39, 0.29) is 18.1 Å². The van der Waals surface area contributed by atoms with E-state index in [0.717, 1.165) is 15.6 Å². The highest BCUT2D eigenvalue weighted by Crippen LogP contribution is 2.26. The van der Waals surface area contributed by atoms with Crippen LogP contribution in [0.15, 0.2) is 76.8 Å². The van der Waals surface area contributed by atoms with Gasteiger partial charge in [0.05, 0.1) is 0 Å². The zero-order chi connectivity index (χ0) is 23.8. The van der Waals surface area contributed by atoms with Crippen molar-refractivity contribution in [3.05, 3.63) is 93.5 Å². The number of hydrogen-bond acceptors (Lipinski definition) is 4. The Morgan fingerprint density at radius 1 is 1.03 bits per heavy atom. The van der Waals surface area contributed by atoms with Crippen molar-refractivity contribution in [2.24, 2.45) is 0 Å². The van der Waals surface area contributed by atoms with E-state index in [0.29, 0.717) is 22.7 Å². The van der Waals surface area contributed by atoms with Gasteiger partial charge in [-0.15, -0.1) is 0 Å². The van der Waals surface area contributed by atoms with Crippen LogP contribution >= 0.6 is 15.9 Å². The first-order chi connectivity index (χ1) is 15.9. The summed E-state index contributed by atoms with van der Waals surface area (Å²) in [4.78, 5) is 25.0. The first-order valence-electron chi connectivity index (χ1n) is 10.1. The number of halogens is 1. The zero-order valence-corrected chi connectivity index (χ0v) is 19.8. The first-order valence-corrected chi connectivity index (χ1v) is 10.9. The van der Waals surface area contributed by atoms with Crippen molar-refractivity contribution in [1.82, 2.24) is 0 Å². The molecule has 6 nitrogen and oxygen atoms in total. The zero-order valence-electron chi connectivity index (χ0n) is 18.2. The quantitative estimate of drug-likeness (QED) is 0.322. The number of anilines is 2. The summed E-state index contributed by atoms with van der Waals surface area (Å²) < 4.78 is 6.44. The molecule has 0 aliphatic heterocycles. The fourth-order valence-corrected chi connectivity index (χ4v) is 3.41. The summed E-state index contributed by atoms with van der Waals surface area (Å²) in [5.41, 5.74) is 3.63. The second-order valence-electron chi connectivity index (χ2n) is 7.33. The van der Waals surface area contributed by atoms with Gasteiger partial charge in [0.25, 0.3) is 11.8 Å². The van der Waals surface area contributed by atoms with Crippen LogP contribution in [0.1, 0.15) is 16.7 Å². The molecule has 0 heterocycles. The molecule has 2 N–H and O–H groups in total. The number of hydrogen-bond donors (Lipinski definition) is 2. The van der Waals surface area contributed by atoms with Gasteiger partial charge in [0, 0.05) is 21.4 Å². The second kappa shape index (κ2) is 11.1. The van der Waals surface area contributed by atoms with Crippen molar-refractivity contribution in [3.63, 3.8) is 0 Å². The predicted octanol–water partition coefficient (Wildman–Crippen LogP) is 5.63. The molecule has 0 unspecified atom stereocenters. The van der Waals surface area contributed by atoms with E-state index >= 15 is 0 Å². The van der Waals surface area contributed by atoms with Gasteiger partial charge in [-0.1, -0.05) is 46.3 Å². The number of nitrogens with zero attached hydrogens (tertiary/aromatic N) is 1. The molecule has 0 radical (unpaired) electrons. The minimum atomic E-state index is -0.536. The highest BCUT2D eigenvalue weighted by atomic mass is 79.9. The summed E-state index contributed by atoms with van der Waals surface area (Å²) in [6, 6.07) is 21.8. The number of carbonyl (C=O) groups excluding carboxylic acids is 2. The molecule has 2 amide bonds. The monoisotopic (exact) mass is 503 g/mol. The molecular formula is C26H22BrN3O3. The number of benzene rings is 3. The lowest BCUT2D eigenvalue weighted by Crippen LogP contribution is -2.21. The number of para-hydroxylation sites is 1. The Labute approximate surface area is 201 Å². The van der Waals surface area contributed by atoms with Crippen LogP contribution in [0.25, 0.3) is 6.08 Å². The minimum absolute atomic E-state index is 0.0937. The van der Waals surface area contributed by atoms with Gasteiger partial charge in [-0.05, 0) is 67.4 Å². The van der Waals surface area contributed by atoms with Gasteiger partial charge >= 0.3 is 0 Å². The Balaban J connectivity index is 1.75. The Hall–Kier alpha value is -3.89. The van der Waals surface area contributed by atoms with E-state index in [1.54, 1.807) is 24.3 Å². The maximum atomic E-state index is 12.6. The van der Waals surface area contributed by atoms with Crippen molar-refractivity contribution in [1.29, 1.82) is 5.26 Å². The van der Waals surface area contributed by atoms with Crippen LogP contribution in [0.3, 0.4) is 0 Å². The van der Waals surface area contributed by atoms with Crippen LogP contribution in [-0.4, -0.2) is 18.4 Å². The topological polar surface area (TPSA) is 91.2 Å². The fourth-order valence-electron chi connectivity index (χ4n) is 3.03. The van der Waals surface area contributed by atoms with Gasteiger partial charge in [0.2, 0.25) is 0 Å². The largest absolute Gasteiger partial charge is 0.483 e. The third-order valence-corrected chi connectivity index (χ3v) is 5.18. The molecule has 0 aromatic heterocycles. The molecule has 0 bridgehead atoms. The molecule has 0 fully saturated rings. The fraction of sp³-hybridized carbons (Fsp3) is 0.115. The molecule has 3 rings (SSSR count). The normalized spacial score (nSPS) is 10.8. The van der Waals surface area contributed by atoms with E-state index < -0.39 is 5.91 Å². The number of rotatable bonds is 7. The van der Waals surface area contributed by atoms with E-state index in [4.69, 9.17) is 4.74 Å². The summed E-state index contributed by atoms with van der Waals surface area (Å²) in [6.07, 6.45) is 1.43. The molecule has 0 spiro atoms. The van der Waals surface area contributed by atoms with Crippen LogP contribution in [0.2, 0.25) is 0 Å². The molecule has 3 aromatic rings. The number of amides is 2. The third kappa shape index (κ3) is 6.79. The van der Waals surface area contributed by atoms with Crippen LogP contribution in [-0.2, 0) is 9.59 Å². The molecular weight excluding hydrogens is 482 g/mol. The molecule has 3 aromatic carbocycles. The van der Waals surface area contributed by atoms with Gasteiger partial charge < -0.3 is 15.4 Å². The van der Waals surface area contributed by atoms with Crippen molar-refractivity contribution in [3.8, 4) is 11.8 Å². The van der Waals surface area contributed by atoms with E-state index in [2.05, 4.69) is 26.6 Å². The maximum absolute atomic E-state index is 12.6. The number of ether oxygens (including phenoxy) is 1. The summed E-state index contributed by atoms with van der Waals surface area (Å²) >= 11 is 3.39. The summed E-state index contributed by atoms with van der Waals surface area (Å²) in [6.45, 7) is 3.59. The van der Waals surface area contributed by atoms with Gasteiger partial charge in [-0.25, -0.2) is 0 Å². The summed E-state index contributed by atoms with van der Waals surface area (Å²) in [7, 11) is 0. The molecule has 0 aliphatic rings. The summed E-state index contributed by atoms with van der Waals surface area (Å²) in [5.74, 6) is -0.486. The van der Waals surface area contributed by atoms with Crippen LogP contribution < -0.4 is 15.4 Å². The van der Waals surface area contributed by atoms with Crippen molar-refractivity contribution < 1.29 is 14.3 Å². The number of carbonyl (C=O) groups is 2. The molecule has 0 aliphatic carbocycles. The number of aryl methyl sites for hydroxylation is 2. The highest BCUT2D eigenvalue weighted by molar-refractivity contribution is 9.10. The summed E-state index contributed by atoms with van der Waals surface area (Å²) in [5, 5.41) is 15.1. The standard InChI is InChI=1S/C26H22BrN3O3/c1-17-6-5-8-22(12-17)29-26(32)20(15-28)13-19-14-21(27)10-11-24(19)33-16-25(31)30-23-9-4-3-7-18(23)2/h3-14H,16H2,1-2H3,(H,29,32)(H,30,31)/b20-13+. The molecule has 0 atom stereocenters. The van der Waals surface area contributed by atoms with Gasteiger partial charge in [0.1, 0.15) is 17.4 Å². The lowest BCUT2D eigenvalue weighted by atomic mass is 10.1. The second-order valence-corrected chi connectivity index (χ2v) is 8.24. The molecule has 33 heavy (non-hydrogen) atoms. The average molecular weight is 504 g/mol. The van der Waals surface area contributed by atoms with Gasteiger partial charge in [-0.2, -0.15) is 5.26 Å². The average Bonchev–Trinajstić information content (AvgIpc) is 2.78. The molecule has 0 saturated carbocycles. The third-order valence-electron chi connectivity index (χ3n) is 4.69. The lowest BCUT2D eigenvalue weighted by Gasteiger charge is -2.12. The molecule has 166 valence electrons. The number of nitrogens with one attached hydrogen (secondary N) is 2. The lowest BCUT2D eigenvalue weighted by molar-refractivity contribution is -0.118. The van der Waals surface area contributed by atoms with E-state index in [1.807, 2.05) is 62.4 Å².